The molecule has 138 valence electrons. The van der Waals surface area contributed by atoms with Gasteiger partial charge in [0.1, 0.15) is 5.82 Å². The van der Waals surface area contributed by atoms with Crippen LogP contribution in [0.15, 0.2) is 52.4 Å². The minimum Gasteiger partial charge on any atom is -0.279 e. The van der Waals surface area contributed by atoms with Gasteiger partial charge in [-0.2, -0.15) is 13.2 Å². The van der Waals surface area contributed by atoms with Crippen molar-refractivity contribution in [2.75, 3.05) is 0 Å². The van der Waals surface area contributed by atoms with Crippen LogP contribution in [-0.2, 0) is 19.0 Å². The van der Waals surface area contributed by atoms with Gasteiger partial charge in [0.25, 0.3) is 5.56 Å². The number of nitrogens with zero attached hydrogens (tertiary/aromatic N) is 5. The van der Waals surface area contributed by atoms with Crippen LogP contribution in [-0.4, -0.2) is 24.1 Å². The van der Waals surface area contributed by atoms with E-state index in [2.05, 4.69) is 15.2 Å². The molecule has 0 fully saturated rings. The summed E-state index contributed by atoms with van der Waals surface area (Å²) in [6, 6.07) is 9.44. The molecule has 0 unspecified atom stereocenters. The van der Waals surface area contributed by atoms with E-state index in [0.717, 1.165) is 12.3 Å². The highest BCUT2D eigenvalue weighted by atomic mass is 32.2. The van der Waals surface area contributed by atoms with Crippen molar-refractivity contribution in [3.8, 4) is 0 Å². The predicted molar refractivity (Wildman–Crippen MR) is 94.5 cm³/mol. The number of alkyl halides is 3. The van der Waals surface area contributed by atoms with Crippen molar-refractivity contribution in [3.63, 3.8) is 0 Å². The number of aryl methyl sites for hydroxylation is 1. The number of thioether (sulfide) groups is 1. The molecule has 10 heteroatoms. The van der Waals surface area contributed by atoms with Gasteiger partial charge in [-0.1, -0.05) is 23.9 Å². The van der Waals surface area contributed by atoms with E-state index in [-0.39, 0.29) is 5.56 Å². The zero-order chi connectivity index (χ0) is 19.2. The van der Waals surface area contributed by atoms with Crippen LogP contribution in [0.2, 0.25) is 0 Å². The summed E-state index contributed by atoms with van der Waals surface area (Å²) in [5.74, 6) is 1.31. The molecule has 4 rings (SSSR count). The Morgan fingerprint density at radius 1 is 1.11 bits per heavy atom. The average molecular weight is 391 g/mol. The summed E-state index contributed by atoms with van der Waals surface area (Å²) in [4.78, 5) is 16.3. The molecule has 0 amide bonds. The zero-order valence-electron chi connectivity index (χ0n) is 13.9. The molecule has 3 aromatic heterocycles. The van der Waals surface area contributed by atoms with Gasteiger partial charge in [-0.25, -0.2) is 4.98 Å². The predicted octanol–water partition coefficient (Wildman–Crippen LogP) is 3.29. The minimum atomic E-state index is -4.41. The quantitative estimate of drug-likeness (QED) is 0.502. The number of rotatable bonds is 3. The van der Waals surface area contributed by atoms with E-state index in [1.165, 1.54) is 22.4 Å². The maximum Gasteiger partial charge on any atom is 0.417 e. The van der Waals surface area contributed by atoms with Gasteiger partial charge in [0.05, 0.1) is 27.2 Å². The van der Waals surface area contributed by atoms with E-state index in [0.29, 0.717) is 33.3 Å². The van der Waals surface area contributed by atoms with Gasteiger partial charge in [-0.05, 0) is 24.3 Å². The highest BCUT2D eigenvalue weighted by Crippen LogP contribution is 2.30. The molecule has 0 saturated heterocycles. The monoisotopic (exact) mass is 391 g/mol. The molecule has 3 heterocycles. The molecule has 4 aromatic rings. The first-order valence-electron chi connectivity index (χ1n) is 7.84. The summed E-state index contributed by atoms with van der Waals surface area (Å²) in [7, 11) is 1.62. The average Bonchev–Trinajstić information content (AvgIpc) is 3.08. The molecule has 0 bridgehead atoms. The lowest BCUT2D eigenvalue weighted by molar-refractivity contribution is -0.137. The van der Waals surface area contributed by atoms with Crippen LogP contribution in [0.3, 0.4) is 0 Å². The summed E-state index contributed by atoms with van der Waals surface area (Å²) >= 11 is 1.24. The van der Waals surface area contributed by atoms with E-state index in [1.807, 2.05) is 6.07 Å². The zero-order valence-corrected chi connectivity index (χ0v) is 14.8. The molecule has 0 atom stereocenters. The van der Waals surface area contributed by atoms with Crippen molar-refractivity contribution in [2.24, 2.45) is 7.05 Å². The van der Waals surface area contributed by atoms with Crippen LogP contribution in [0, 0.1) is 0 Å². The number of halogens is 3. The Hall–Kier alpha value is -2.88. The van der Waals surface area contributed by atoms with Crippen molar-refractivity contribution in [3.05, 3.63) is 64.3 Å². The van der Waals surface area contributed by atoms with E-state index in [9.17, 15) is 18.0 Å². The molecule has 6 nitrogen and oxygen atoms in total. The van der Waals surface area contributed by atoms with Gasteiger partial charge in [-0.15, -0.1) is 10.2 Å². The van der Waals surface area contributed by atoms with Crippen molar-refractivity contribution >= 4 is 28.4 Å². The van der Waals surface area contributed by atoms with Crippen LogP contribution in [0.5, 0.6) is 0 Å². The molecule has 1 aromatic carbocycles. The molecule has 0 spiro atoms. The lowest BCUT2D eigenvalue weighted by Gasteiger charge is -2.08. The van der Waals surface area contributed by atoms with Gasteiger partial charge in [0, 0.05) is 13.2 Å². The molecule has 0 radical (unpaired) electrons. The van der Waals surface area contributed by atoms with Crippen molar-refractivity contribution in [1.29, 1.82) is 0 Å². The Labute approximate surface area is 154 Å². The molecule has 0 aliphatic heterocycles. The molecule has 0 aliphatic carbocycles. The topological polar surface area (TPSA) is 65.1 Å². The van der Waals surface area contributed by atoms with Gasteiger partial charge in [0.2, 0.25) is 5.78 Å². The lowest BCUT2D eigenvalue weighted by Crippen LogP contribution is -2.20. The number of aromatic nitrogens is 5. The first-order chi connectivity index (χ1) is 12.9. The van der Waals surface area contributed by atoms with Crippen LogP contribution < -0.4 is 5.56 Å². The second-order valence-electron chi connectivity index (χ2n) is 5.80. The van der Waals surface area contributed by atoms with Crippen molar-refractivity contribution in [2.45, 2.75) is 17.0 Å². The molecule has 0 aliphatic rings. The van der Waals surface area contributed by atoms with Gasteiger partial charge in [0.15, 0.2) is 0 Å². The number of fused-ring (bicyclic) bond motifs is 3. The maximum atomic E-state index is 12.6. The van der Waals surface area contributed by atoms with Crippen LogP contribution >= 0.6 is 11.8 Å². The third-order valence-corrected chi connectivity index (χ3v) is 5.05. The Morgan fingerprint density at radius 2 is 1.89 bits per heavy atom. The highest BCUT2D eigenvalue weighted by Gasteiger charge is 2.30. The third-order valence-electron chi connectivity index (χ3n) is 4.11. The van der Waals surface area contributed by atoms with E-state index in [1.54, 1.807) is 29.6 Å². The summed E-state index contributed by atoms with van der Waals surface area (Å²) in [6.07, 6.45) is -3.60. The molecular weight excluding hydrogens is 379 g/mol. The van der Waals surface area contributed by atoms with Gasteiger partial charge >= 0.3 is 6.18 Å². The van der Waals surface area contributed by atoms with Crippen molar-refractivity contribution < 1.29 is 13.2 Å². The number of hydrogen-bond donors (Lipinski definition) is 0. The second-order valence-corrected chi connectivity index (χ2v) is 6.80. The fourth-order valence-corrected chi connectivity index (χ4v) is 3.51. The second kappa shape index (κ2) is 6.38. The Morgan fingerprint density at radius 3 is 2.59 bits per heavy atom. The molecule has 0 saturated carbocycles. The normalized spacial score (nSPS) is 12.1. The number of pyridine rings is 1. The Balaban J connectivity index is 1.70. The fraction of sp³-hybridized carbons (Fsp3) is 0.176. The van der Waals surface area contributed by atoms with E-state index in [4.69, 9.17) is 0 Å². The summed E-state index contributed by atoms with van der Waals surface area (Å²) in [5, 5.41) is 9.20. The first-order valence-corrected chi connectivity index (χ1v) is 8.82. The summed E-state index contributed by atoms with van der Waals surface area (Å²) in [6.45, 7) is 0. The first kappa shape index (κ1) is 17.5. The lowest BCUT2D eigenvalue weighted by atomic mass is 10.2. The highest BCUT2D eigenvalue weighted by molar-refractivity contribution is 7.98. The Bertz CT molecular complexity index is 1200. The van der Waals surface area contributed by atoms with Crippen LogP contribution in [0.4, 0.5) is 13.2 Å². The number of benzene rings is 1. The van der Waals surface area contributed by atoms with E-state index < -0.39 is 11.7 Å². The largest absolute Gasteiger partial charge is 0.417 e. The van der Waals surface area contributed by atoms with Crippen LogP contribution in [0.25, 0.3) is 16.7 Å². The van der Waals surface area contributed by atoms with Gasteiger partial charge in [-0.3, -0.25) is 13.8 Å². The van der Waals surface area contributed by atoms with Gasteiger partial charge < -0.3 is 0 Å². The fourth-order valence-electron chi connectivity index (χ4n) is 2.76. The molecular formula is C17H12F3N5OS. The summed E-state index contributed by atoms with van der Waals surface area (Å²) in [5.41, 5.74) is -0.286. The molecule has 27 heavy (non-hydrogen) atoms. The SMILES string of the molecule is Cn1c(=O)c2ccccc2n2c(CSc3ccc(C(F)(F)F)cn3)nnc12. The van der Waals surface area contributed by atoms with Crippen LogP contribution in [0.1, 0.15) is 11.4 Å². The van der Waals surface area contributed by atoms with Crippen molar-refractivity contribution in [1.82, 2.24) is 24.1 Å². The smallest absolute Gasteiger partial charge is 0.279 e. The Kier molecular flexibility index (Phi) is 4.14. The number of hydrogen-bond acceptors (Lipinski definition) is 5. The maximum absolute atomic E-state index is 12.6. The third kappa shape index (κ3) is 3.05. The molecule has 0 N–H and O–H groups in total. The summed E-state index contributed by atoms with van der Waals surface area (Å²) < 4.78 is 41.1. The number of para-hydroxylation sites is 1. The standard InChI is InChI=1S/C17H12F3N5OS/c1-24-15(26)11-4-2-3-5-12(11)25-13(22-23-16(24)25)9-27-14-7-6-10(8-21-14)17(18,19)20/h2-8H,9H2,1H3. The van der Waals surface area contributed by atoms with E-state index >= 15 is 0 Å². The minimum absolute atomic E-state index is 0.172.